The molecule has 16 heavy (non-hydrogen) atoms. The molecule has 94 valence electrons. The zero-order valence-electron chi connectivity index (χ0n) is 13.2. The van der Waals surface area contributed by atoms with E-state index in [4.69, 9.17) is 0 Å². The van der Waals surface area contributed by atoms with Crippen molar-refractivity contribution in [1.82, 2.24) is 4.90 Å². The van der Waals surface area contributed by atoms with Gasteiger partial charge in [-0.05, 0) is 27.9 Å². The smallest absolute Gasteiger partial charge is 0.339 e. The predicted octanol–water partition coefficient (Wildman–Crippen LogP) is -3.20. The normalized spacial score (nSPS) is 10.9. The second-order valence-corrected chi connectivity index (χ2v) is 5.33. The first-order valence-corrected chi connectivity index (χ1v) is 6.01. The maximum atomic E-state index is 2.24. The van der Waals surface area contributed by atoms with Crippen LogP contribution in [0.1, 0.15) is 13.8 Å². The third-order valence-corrected chi connectivity index (χ3v) is 2.77. The van der Waals surface area contributed by atoms with E-state index in [0.717, 1.165) is 4.48 Å². The third kappa shape index (κ3) is 21.0. The van der Waals surface area contributed by atoms with Crippen LogP contribution < -0.4 is 63.1 Å². The van der Waals surface area contributed by atoms with E-state index < -0.39 is 0 Å². The van der Waals surface area contributed by atoms with Gasteiger partial charge in [-0.2, -0.15) is 0 Å². The summed E-state index contributed by atoms with van der Waals surface area (Å²) in [5.74, 6) is 0. The second kappa shape index (κ2) is 13.1. The fourth-order valence-corrected chi connectivity index (χ4v) is 0.671. The topological polar surface area (TPSA) is 7.68 Å². The molecule has 1 N–H and O–H groups in total. The van der Waals surface area contributed by atoms with Crippen molar-refractivity contribution in [2.45, 2.75) is 13.8 Å². The van der Waals surface area contributed by atoms with Crippen LogP contribution in [0, 0.1) is 0 Å². The van der Waals surface area contributed by atoms with Crippen molar-refractivity contribution < 1.29 is 67.6 Å². The van der Waals surface area contributed by atoms with Gasteiger partial charge in [-0.15, -0.1) is 0 Å². The molecule has 0 spiro atoms. The van der Waals surface area contributed by atoms with Crippen LogP contribution in [0.3, 0.4) is 0 Å². The van der Waals surface area contributed by atoms with Gasteiger partial charge in [0.15, 0.2) is 0 Å². The average molecular weight is 305 g/mol. The van der Waals surface area contributed by atoms with E-state index in [1.807, 2.05) is 0 Å². The van der Waals surface area contributed by atoms with Crippen molar-refractivity contribution in [3.05, 3.63) is 0 Å². The average Bonchev–Trinajstić information content (AvgIpc) is 2.16. The Balaban J connectivity index is -0.000000200. The monoisotopic (exact) mass is 304 g/mol. The van der Waals surface area contributed by atoms with Crippen LogP contribution >= 0.6 is 0 Å². The van der Waals surface area contributed by atoms with Crippen molar-refractivity contribution in [3.8, 4) is 0 Å². The van der Waals surface area contributed by atoms with Crippen LogP contribution in [0.25, 0.3) is 0 Å². The minimum atomic E-state index is 0. The zero-order chi connectivity index (χ0) is 12.5. The Hall–Kier alpha value is 1.69. The molecule has 0 atom stereocenters. The molecule has 0 aromatic carbocycles. The fraction of sp³-hybridized carbons (Fsp3) is 1.00. The third-order valence-electron chi connectivity index (χ3n) is 2.77. The van der Waals surface area contributed by atoms with Gasteiger partial charge in [-0.1, -0.05) is 0 Å². The molecule has 0 aliphatic carbocycles. The molecule has 0 fully saturated rings. The Morgan fingerprint density at radius 3 is 1.44 bits per heavy atom. The zero-order valence-corrected chi connectivity index (χ0v) is 18.1. The van der Waals surface area contributed by atoms with Gasteiger partial charge in [-0.25, -0.2) is 0 Å². The molecule has 0 saturated heterocycles. The van der Waals surface area contributed by atoms with Crippen LogP contribution in [-0.4, -0.2) is 77.8 Å². The minimum Gasteiger partial charge on any atom is -0.339 e. The summed E-state index contributed by atoms with van der Waals surface area (Å²) >= 11 is 0. The van der Waals surface area contributed by atoms with Gasteiger partial charge in [0.1, 0.15) is 0 Å². The number of hydrogen-bond donors (Lipinski definition) is 1. The molecule has 0 heterocycles. The predicted molar refractivity (Wildman–Crippen MR) is 69.4 cm³/mol. The summed E-state index contributed by atoms with van der Waals surface area (Å²) in [6.07, 6.45) is 0. The summed E-state index contributed by atoms with van der Waals surface area (Å²) in [6.45, 7) is 9.30. The summed E-state index contributed by atoms with van der Waals surface area (Å²) < 4.78 is 1.14. The van der Waals surface area contributed by atoms with Gasteiger partial charge >= 0.3 is 58.2 Å². The molecule has 3 nitrogen and oxygen atoms in total. The van der Waals surface area contributed by atoms with E-state index in [1.165, 1.54) is 31.1 Å². The second-order valence-electron chi connectivity index (χ2n) is 5.33. The molecule has 4 heteroatoms. The van der Waals surface area contributed by atoms with Gasteiger partial charge in [0.2, 0.25) is 0 Å². The van der Waals surface area contributed by atoms with Crippen molar-refractivity contribution in [1.29, 1.82) is 0 Å². The molecule has 0 aromatic heterocycles. The SMILES string of the molecule is CC[N+](C)(C)CC.CN(C)CC[NH+](C)C.[Rb+]. The Morgan fingerprint density at radius 2 is 1.38 bits per heavy atom. The van der Waals surface area contributed by atoms with Crippen LogP contribution in [0.2, 0.25) is 0 Å². The van der Waals surface area contributed by atoms with E-state index in [1.54, 1.807) is 0 Å². The van der Waals surface area contributed by atoms with Gasteiger partial charge in [-0.3, -0.25) is 0 Å². The van der Waals surface area contributed by atoms with E-state index >= 15 is 0 Å². The van der Waals surface area contributed by atoms with Gasteiger partial charge in [0, 0.05) is 6.54 Å². The molecule has 0 amide bonds. The van der Waals surface area contributed by atoms with Crippen LogP contribution in [-0.2, 0) is 0 Å². The molecule has 0 saturated carbocycles. The Kier molecular flexibility index (Phi) is 18.7. The minimum absolute atomic E-state index is 0. The van der Waals surface area contributed by atoms with Crippen molar-refractivity contribution in [3.63, 3.8) is 0 Å². The number of nitrogens with zero attached hydrogens (tertiary/aromatic N) is 2. The van der Waals surface area contributed by atoms with E-state index in [9.17, 15) is 0 Å². The first-order valence-electron chi connectivity index (χ1n) is 6.01. The summed E-state index contributed by atoms with van der Waals surface area (Å²) in [7, 11) is 13.0. The van der Waals surface area contributed by atoms with Crippen molar-refractivity contribution in [2.24, 2.45) is 0 Å². The fourth-order valence-electron chi connectivity index (χ4n) is 0.671. The first kappa shape index (κ1) is 22.8. The van der Waals surface area contributed by atoms with Gasteiger partial charge in [0.05, 0.1) is 47.8 Å². The summed E-state index contributed by atoms with van der Waals surface area (Å²) in [5.41, 5.74) is 0. The number of likely N-dealkylation sites (N-methyl/N-ethyl adjacent to an activating group) is 2. The molecular weight excluding hydrogens is 272 g/mol. The molecule has 0 bridgehead atoms. The van der Waals surface area contributed by atoms with E-state index in [2.05, 4.69) is 61.0 Å². The molecule has 0 rings (SSSR count). The molecule has 0 unspecified atom stereocenters. The van der Waals surface area contributed by atoms with E-state index in [-0.39, 0.29) is 58.2 Å². The number of hydrogen-bond acceptors (Lipinski definition) is 1. The Morgan fingerprint density at radius 1 is 1.00 bits per heavy atom. The summed E-state index contributed by atoms with van der Waals surface area (Å²) in [4.78, 5) is 3.71. The van der Waals surface area contributed by atoms with Gasteiger partial charge in [0.25, 0.3) is 0 Å². The number of nitrogens with one attached hydrogen (secondary N) is 1. The van der Waals surface area contributed by atoms with Crippen LogP contribution in [0.15, 0.2) is 0 Å². The molecule has 0 radical (unpaired) electrons. The van der Waals surface area contributed by atoms with Crippen molar-refractivity contribution in [2.75, 3.05) is 68.5 Å². The Labute approximate surface area is 153 Å². The molecule has 0 aromatic rings. The molecule has 0 aliphatic heterocycles. The summed E-state index contributed by atoms with van der Waals surface area (Å²) in [5, 5.41) is 0. The van der Waals surface area contributed by atoms with Crippen LogP contribution in [0.5, 0.6) is 0 Å². The van der Waals surface area contributed by atoms with Crippen molar-refractivity contribution >= 4 is 0 Å². The maximum Gasteiger partial charge on any atom is 1.00 e. The summed E-state index contributed by atoms with van der Waals surface area (Å²) in [6, 6.07) is 0. The number of quaternary nitrogens is 2. The Bertz CT molecular complexity index is 122. The standard InChI is InChI=1S/C6H16N2.C6H16N.Rb/c1-7(2)5-6-8(3)4;1-5-7(3,4)6-2;/h5-6H2,1-4H3;5-6H2,1-4H3;/q;2*+1/p+1. The number of rotatable bonds is 5. The van der Waals surface area contributed by atoms with Crippen LogP contribution in [0.4, 0.5) is 0 Å². The largest absolute Gasteiger partial charge is 1.00 e. The maximum absolute atomic E-state index is 2.24. The van der Waals surface area contributed by atoms with Gasteiger partial charge < -0.3 is 14.3 Å². The molecular formula is C12H33N3Rb+3. The first-order chi connectivity index (χ1) is 6.75. The molecule has 0 aliphatic rings. The van der Waals surface area contributed by atoms with E-state index in [0.29, 0.717) is 0 Å². The quantitative estimate of drug-likeness (QED) is 0.526.